The Hall–Kier alpha value is -2.29. The molecule has 27 heavy (non-hydrogen) atoms. The molecular formula is C18H25NO7S. The molecule has 8 nitrogen and oxygen atoms in total. The summed E-state index contributed by atoms with van der Waals surface area (Å²) in [5, 5.41) is 8.65. The van der Waals surface area contributed by atoms with Crippen LogP contribution >= 0.6 is 0 Å². The molecule has 1 unspecified atom stereocenters. The van der Waals surface area contributed by atoms with E-state index in [9.17, 15) is 23.1 Å². The van der Waals surface area contributed by atoms with Crippen molar-refractivity contribution in [1.82, 2.24) is 4.90 Å². The molecule has 0 spiro atoms. The minimum Gasteiger partial charge on any atom is -0.493 e. The Morgan fingerprint density at radius 3 is 2.33 bits per heavy atom. The molecule has 1 aliphatic rings. The molecule has 1 N–H and O–H groups in total. The first-order valence-electron chi connectivity index (χ1n) is 8.58. The summed E-state index contributed by atoms with van der Waals surface area (Å²) in [6.45, 7) is 3.27. The van der Waals surface area contributed by atoms with E-state index in [1.807, 2.05) is 0 Å². The zero-order chi connectivity index (χ0) is 20.4. The van der Waals surface area contributed by atoms with E-state index in [1.54, 1.807) is 12.1 Å². The van der Waals surface area contributed by atoms with Gasteiger partial charge in [0.15, 0.2) is 21.3 Å². The lowest BCUT2D eigenvalue weighted by atomic mass is 9.90. The Morgan fingerprint density at radius 2 is 1.81 bits per heavy atom. The van der Waals surface area contributed by atoms with Crippen molar-refractivity contribution in [2.24, 2.45) is 0 Å². The van der Waals surface area contributed by atoms with Crippen LogP contribution < -0.4 is 9.47 Å². The van der Waals surface area contributed by atoms with Crippen LogP contribution in [0.4, 0.5) is 0 Å². The van der Waals surface area contributed by atoms with Crippen LogP contribution in [0, 0.1) is 0 Å². The maximum atomic E-state index is 12.7. The van der Waals surface area contributed by atoms with Gasteiger partial charge in [0.05, 0.1) is 31.9 Å². The molecular weight excluding hydrogens is 374 g/mol. The summed E-state index contributed by atoms with van der Waals surface area (Å²) in [7, 11) is -0.605. The van der Waals surface area contributed by atoms with Gasteiger partial charge in [-0.15, -0.1) is 0 Å². The van der Waals surface area contributed by atoms with Gasteiger partial charge in [-0.2, -0.15) is 0 Å². The molecule has 1 aliphatic heterocycles. The topological polar surface area (TPSA) is 110 Å². The predicted molar refractivity (Wildman–Crippen MR) is 98.9 cm³/mol. The minimum absolute atomic E-state index is 0.243. The van der Waals surface area contributed by atoms with Gasteiger partial charge in [-0.25, -0.2) is 8.42 Å². The van der Waals surface area contributed by atoms with Crippen LogP contribution in [0.25, 0.3) is 0 Å². The largest absolute Gasteiger partial charge is 0.493 e. The second-order valence-corrected chi connectivity index (χ2v) is 9.27. The number of methoxy groups -OCH3 is 2. The van der Waals surface area contributed by atoms with Crippen LogP contribution in [0.15, 0.2) is 12.1 Å². The summed E-state index contributed by atoms with van der Waals surface area (Å²) in [4.78, 5) is 25.4. The van der Waals surface area contributed by atoms with Gasteiger partial charge in [0.1, 0.15) is 5.75 Å². The highest BCUT2D eigenvalue weighted by Gasteiger charge is 2.35. The number of hydrogen-bond donors (Lipinski definition) is 1. The second kappa shape index (κ2) is 8.16. The lowest BCUT2D eigenvalue weighted by molar-refractivity contribution is -0.140. The summed E-state index contributed by atoms with van der Waals surface area (Å²) < 4.78 is 34.9. The van der Waals surface area contributed by atoms with Crippen LogP contribution in [0.5, 0.6) is 11.5 Å². The highest BCUT2D eigenvalue weighted by Crippen LogP contribution is 2.39. The number of fused-ring (bicyclic) bond motifs is 1. The van der Waals surface area contributed by atoms with E-state index in [-0.39, 0.29) is 13.0 Å². The zero-order valence-electron chi connectivity index (χ0n) is 15.9. The van der Waals surface area contributed by atoms with E-state index in [4.69, 9.17) is 9.47 Å². The van der Waals surface area contributed by atoms with Crippen molar-refractivity contribution in [2.45, 2.75) is 38.0 Å². The van der Waals surface area contributed by atoms with E-state index >= 15 is 0 Å². The van der Waals surface area contributed by atoms with Crippen LogP contribution in [0.1, 0.15) is 37.4 Å². The maximum absolute atomic E-state index is 12.7. The van der Waals surface area contributed by atoms with E-state index in [2.05, 4.69) is 0 Å². The average molecular weight is 399 g/mol. The number of benzene rings is 1. The first-order chi connectivity index (χ1) is 12.6. The molecule has 0 bridgehead atoms. The number of amides is 1. The second-order valence-electron chi connectivity index (χ2n) is 6.71. The first-order valence-corrected chi connectivity index (χ1v) is 10.3. The van der Waals surface area contributed by atoms with Crippen molar-refractivity contribution < 1.29 is 32.6 Å². The molecule has 9 heteroatoms. The van der Waals surface area contributed by atoms with E-state index in [1.165, 1.54) is 33.0 Å². The van der Waals surface area contributed by atoms with Gasteiger partial charge in [-0.05, 0) is 43.5 Å². The number of carboxylic acid groups (broad SMARTS) is 1. The number of nitrogens with zero attached hydrogens (tertiary/aromatic N) is 1. The summed E-state index contributed by atoms with van der Waals surface area (Å²) in [5.41, 5.74) is 1.49. The van der Waals surface area contributed by atoms with E-state index in [0.717, 1.165) is 5.56 Å². The number of rotatable bonds is 7. The molecule has 1 aromatic carbocycles. The highest BCUT2D eigenvalue weighted by atomic mass is 32.2. The number of carboxylic acids is 1. The Bertz CT molecular complexity index is 832. The third-order valence-electron chi connectivity index (χ3n) is 4.73. The number of carbonyl (C=O) groups is 2. The molecule has 1 aromatic rings. The molecule has 0 radical (unpaired) electrons. The van der Waals surface area contributed by atoms with E-state index in [0.29, 0.717) is 23.5 Å². The minimum atomic E-state index is -3.58. The molecule has 0 saturated carbocycles. The molecule has 0 saturated heterocycles. The fourth-order valence-electron chi connectivity index (χ4n) is 3.13. The van der Waals surface area contributed by atoms with Crippen LogP contribution in [0.2, 0.25) is 0 Å². The quantitative estimate of drug-likeness (QED) is 0.738. The van der Waals surface area contributed by atoms with Gasteiger partial charge < -0.3 is 19.5 Å². The molecule has 150 valence electrons. The van der Waals surface area contributed by atoms with Crippen molar-refractivity contribution in [3.05, 3.63) is 23.3 Å². The SMILES string of the molecule is COc1cc2c(cc1OC)C(CC(=O)O)N(C(=O)CS(=O)(=O)C(C)C)CC2. The maximum Gasteiger partial charge on any atom is 0.305 e. The van der Waals surface area contributed by atoms with Gasteiger partial charge in [-0.1, -0.05) is 0 Å². The molecule has 1 heterocycles. The third kappa shape index (κ3) is 4.52. The van der Waals surface area contributed by atoms with Gasteiger partial charge in [-0.3, -0.25) is 9.59 Å². The monoisotopic (exact) mass is 399 g/mol. The van der Waals surface area contributed by atoms with Gasteiger partial charge in [0.2, 0.25) is 5.91 Å². The molecule has 1 amide bonds. The summed E-state index contributed by atoms with van der Waals surface area (Å²) in [6, 6.07) is 2.68. The van der Waals surface area contributed by atoms with Crippen molar-refractivity contribution in [1.29, 1.82) is 0 Å². The lowest BCUT2D eigenvalue weighted by Crippen LogP contribution is -2.44. The fraction of sp³-hybridized carbons (Fsp3) is 0.556. The normalized spacial score (nSPS) is 16.8. The number of sulfone groups is 1. The highest BCUT2D eigenvalue weighted by molar-refractivity contribution is 7.92. The van der Waals surface area contributed by atoms with Gasteiger partial charge in [0.25, 0.3) is 0 Å². The van der Waals surface area contributed by atoms with Crippen molar-refractivity contribution in [2.75, 3.05) is 26.5 Å². The Morgan fingerprint density at radius 1 is 1.22 bits per heavy atom. The van der Waals surface area contributed by atoms with Crippen LogP contribution in [0.3, 0.4) is 0 Å². The summed E-state index contributed by atoms with van der Waals surface area (Å²) >= 11 is 0. The Labute approximate surface area is 159 Å². The number of ether oxygens (including phenoxy) is 2. The van der Waals surface area contributed by atoms with Crippen molar-refractivity contribution in [3.63, 3.8) is 0 Å². The fourth-order valence-corrected chi connectivity index (χ4v) is 3.98. The summed E-state index contributed by atoms with van der Waals surface area (Å²) in [6.07, 6.45) is 0.148. The number of aliphatic carboxylic acids is 1. The molecule has 0 aliphatic carbocycles. The third-order valence-corrected chi connectivity index (χ3v) is 6.82. The standard InChI is InChI=1S/C18H25NO7S/c1-11(2)27(23,24)10-17(20)19-6-5-12-7-15(25-3)16(26-4)8-13(12)14(19)9-18(21)22/h7-8,11,14H,5-6,9-10H2,1-4H3,(H,21,22). The molecule has 0 aromatic heterocycles. The Kier molecular flexibility index (Phi) is 6.35. The van der Waals surface area contributed by atoms with Gasteiger partial charge >= 0.3 is 5.97 Å². The van der Waals surface area contributed by atoms with Crippen LogP contribution in [-0.4, -0.2) is 62.1 Å². The molecule has 2 rings (SSSR count). The average Bonchev–Trinajstić information content (AvgIpc) is 2.59. The van der Waals surface area contributed by atoms with Crippen molar-refractivity contribution in [3.8, 4) is 11.5 Å². The lowest BCUT2D eigenvalue weighted by Gasteiger charge is -2.37. The van der Waals surface area contributed by atoms with E-state index < -0.39 is 38.8 Å². The summed E-state index contributed by atoms with van der Waals surface area (Å²) in [5.74, 6) is -1.35. The molecule has 1 atom stereocenters. The predicted octanol–water partition coefficient (Wildman–Crippen LogP) is 1.43. The first kappa shape index (κ1) is 21.0. The smallest absolute Gasteiger partial charge is 0.305 e. The zero-order valence-corrected chi connectivity index (χ0v) is 16.7. The van der Waals surface area contributed by atoms with Crippen LogP contribution in [-0.2, 0) is 25.8 Å². The number of hydrogen-bond acceptors (Lipinski definition) is 6. The Balaban J connectivity index is 2.44. The van der Waals surface area contributed by atoms with Gasteiger partial charge in [0, 0.05) is 6.54 Å². The molecule has 0 fully saturated rings. The number of carbonyl (C=O) groups excluding carboxylic acids is 1. The van der Waals surface area contributed by atoms with Crippen molar-refractivity contribution >= 4 is 21.7 Å².